The van der Waals surface area contributed by atoms with Crippen LogP contribution in [0.2, 0.25) is 0 Å². The van der Waals surface area contributed by atoms with Gasteiger partial charge in [0.1, 0.15) is 29.8 Å². The van der Waals surface area contributed by atoms with E-state index in [1.54, 1.807) is 32.9 Å². The van der Waals surface area contributed by atoms with Crippen molar-refractivity contribution in [2.75, 3.05) is 14.2 Å². The van der Waals surface area contributed by atoms with Gasteiger partial charge in [-0.25, -0.2) is 9.59 Å². The number of amides is 1. The third-order valence-electron chi connectivity index (χ3n) is 11.5. The molecular formula is C44H65NO13. The first-order chi connectivity index (χ1) is 27.1. The minimum absolute atomic E-state index is 0.0594. The van der Waals surface area contributed by atoms with Crippen molar-refractivity contribution in [3.8, 4) is 0 Å². The molecule has 12 atom stereocenters. The summed E-state index contributed by atoms with van der Waals surface area (Å²) in [6, 6.07) is 0. The van der Waals surface area contributed by atoms with Crippen LogP contribution in [0.4, 0.5) is 0 Å². The van der Waals surface area contributed by atoms with E-state index in [0.717, 1.165) is 17.7 Å². The maximum atomic E-state index is 13.7. The van der Waals surface area contributed by atoms with Gasteiger partial charge in [0.25, 0.3) is 0 Å². The summed E-state index contributed by atoms with van der Waals surface area (Å²) < 4.78 is 29.5. The fourth-order valence-electron chi connectivity index (χ4n) is 7.95. The van der Waals surface area contributed by atoms with Gasteiger partial charge in [0.05, 0.1) is 25.4 Å². The summed E-state index contributed by atoms with van der Waals surface area (Å²) in [6.45, 7) is 16.5. The van der Waals surface area contributed by atoms with Crippen LogP contribution in [0.25, 0.3) is 0 Å². The van der Waals surface area contributed by atoms with E-state index in [2.05, 4.69) is 5.32 Å². The number of aliphatic hydroxyl groups excluding tert-OH is 3. The lowest BCUT2D eigenvalue weighted by Gasteiger charge is -2.50. The van der Waals surface area contributed by atoms with Gasteiger partial charge in [-0.05, 0) is 38.2 Å². The lowest BCUT2D eigenvalue weighted by atomic mass is 9.76. The maximum Gasteiger partial charge on any atom is 0.373 e. The third-order valence-corrected chi connectivity index (χ3v) is 11.5. The Morgan fingerprint density at radius 3 is 2.29 bits per heavy atom. The lowest BCUT2D eigenvalue weighted by Crippen LogP contribution is -2.59. The summed E-state index contributed by atoms with van der Waals surface area (Å²) in [5.41, 5.74) is 1.48. The highest BCUT2D eigenvalue weighted by atomic mass is 16.6. The Morgan fingerprint density at radius 2 is 1.71 bits per heavy atom. The summed E-state index contributed by atoms with van der Waals surface area (Å²) in [4.78, 5) is 51.1. The molecule has 0 aromatic carbocycles. The Hall–Kier alpha value is -4.08. The molecule has 58 heavy (non-hydrogen) atoms. The van der Waals surface area contributed by atoms with Gasteiger partial charge in [-0.3, -0.25) is 9.59 Å². The van der Waals surface area contributed by atoms with E-state index >= 15 is 0 Å². The molecule has 14 heteroatoms. The molecule has 1 saturated heterocycles. The van der Waals surface area contributed by atoms with Crippen LogP contribution in [0.15, 0.2) is 70.9 Å². The van der Waals surface area contributed by atoms with Gasteiger partial charge in [-0.1, -0.05) is 83.9 Å². The molecule has 2 aliphatic heterocycles. The van der Waals surface area contributed by atoms with E-state index in [0.29, 0.717) is 12.0 Å². The lowest BCUT2D eigenvalue weighted by molar-refractivity contribution is -0.329. The summed E-state index contributed by atoms with van der Waals surface area (Å²) in [5.74, 6) is -8.07. The number of allylic oxidation sites excluding steroid dienone is 7. The molecule has 0 radical (unpaired) electrons. The predicted molar refractivity (Wildman–Crippen MR) is 215 cm³/mol. The predicted octanol–water partition coefficient (Wildman–Crippen LogP) is 5.05. The number of esters is 2. The molecule has 5 N–H and O–H groups in total. The number of ether oxygens (including phenoxy) is 5. The number of hydrogen-bond donors (Lipinski definition) is 5. The molecule has 1 amide bonds. The summed E-state index contributed by atoms with van der Waals surface area (Å²) in [7, 11) is 2.79. The fraction of sp³-hybridized carbons (Fsp3) is 0.636. The van der Waals surface area contributed by atoms with Crippen molar-refractivity contribution in [2.24, 2.45) is 35.5 Å². The molecule has 0 spiro atoms. The Labute approximate surface area is 342 Å². The van der Waals surface area contributed by atoms with Crippen LogP contribution in [0.5, 0.6) is 0 Å². The fourth-order valence-corrected chi connectivity index (χ4v) is 7.95. The van der Waals surface area contributed by atoms with Gasteiger partial charge >= 0.3 is 11.9 Å². The van der Waals surface area contributed by atoms with Gasteiger partial charge in [0, 0.05) is 62.2 Å². The highest BCUT2D eigenvalue weighted by molar-refractivity contribution is 6.04. The number of carbonyl (C=O) groups is 4. The molecule has 324 valence electrons. The van der Waals surface area contributed by atoms with E-state index in [4.69, 9.17) is 23.7 Å². The molecule has 3 aliphatic rings. The van der Waals surface area contributed by atoms with Gasteiger partial charge in [-0.2, -0.15) is 0 Å². The zero-order chi connectivity index (χ0) is 43.6. The molecule has 12 unspecified atom stereocenters. The standard InChI is InChI=1S/C44H65NO13/c1-23(2)41-28(7)35(56-37(49)18-17-36(48)45-38-31(46)15-16-32(38)47)22-44(53,58-41)30(9)40(51)29(8)42-33(54-10)14-12-13-24(3)19-26(5)39(50)27(6)20-25(4)21-34(55-11)43(52)57-42/h12-14,17-18,20-21,23,26-30,33,35,39-42,46,50-51,53H,15-16,19,22H2,1-11H3,(H,45,48)/b14-12+,18-17+,24-13-,25-20+,34-21+. The van der Waals surface area contributed by atoms with E-state index in [9.17, 15) is 39.6 Å². The van der Waals surface area contributed by atoms with Crippen LogP contribution >= 0.6 is 0 Å². The van der Waals surface area contributed by atoms with Crippen LogP contribution in [0.3, 0.4) is 0 Å². The maximum absolute atomic E-state index is 13.7. The first kappa shape index (κ1) is 48.3. The average molecular weight is 816 g/mol. The van der Waals surface area contributed by atoms with Crippen LogP contribution in [0.1, 0.15) is 88.0 Å². The first-order valence-electron chi connectivity index (χ1n) is 20.1. The van der Waals surface area contributed by atoms with Crippen molar-refractivity contribution < 1.29 is 63.3 Å². The second-order valence-electron chi connectivity index (χ2n) is 16.5. The van der Waals surface area contributed by atoms with Gasteiger partial charge in [0.15, 0.2) is 11.6 Å². The molecule has 0 aromatic heterocycles. The van der Waals surface area contributed by atoms with Crippen LogP contribution in [-0.4, -0.2) is 101 Å². The Morgan fingerprint density at radius 1 is 1.03 bits per heavy atom. The molecule has 0 bridgehead atoms. The molecule has 1 fully saturated rings. The summed E-state index contributed by atoms with van der Waals surface area (Å²) in [6.07, 6.45) is 5.61. The smallest absolute Gasteiger partial charge is 0.373 e. The number of carbonyl (C=O) groups excluding carboxylic acids is 4. The quantitative estimate of drug-likeness (QED) is 0.137. The van der Waals surface area contributed by atoms with Crippen LogP contribution in [-0.2, 0) is 42.9 Å². The van der Waals surface area contributed by atoms with Gasteiger partial charge in [0.2, 0.25) is 11.7 Å². The Balaban J connectivity index is 1.92. The molecule has 2 heterocycles. The number of Topliss-reactive ketones (excluding diaryl/α,β-unsaturated/α-hetero) is 1. The number of aliphatic hydroxyl groups is 4. The van der Waals surface area contributed by atoms with E-state index in [1.165, 1.54) is 20.3 Å². The van der Waals surface area contributed by atoms with Crippen molar-refractivity contribution in [1.29, 1.82) is 0 Å². The Bertz CT molecular complexity index is 1670. The highest BCUT2D eigenvalue weighted by Gasteiger charge is 2.53. The second-order valence-corrected chi connectivity index (χ2v) is 16.5. The SMILES string of the molecule is CO/C1=C/C(C)=C/C(C)C(O)C(C)C/C(C)=C\C=C\C(OC)C(C(C)C(O)C(C)C2(O)CC(OC(=O)/C=C/C(=O)NC3=C(O)CCC3=O)C(C)C(C(C)C)O2)OC1=O. The van der Waals surface area contributed by atoms with Crippen LogP contribution < -0.4 is 5.32 Å². The van der Waals surface area contributed by atoms with Crippen molar-refractivity contribution in [3.63, 3.8) is 0 Å². The van der Waals surface area contributed by atoms with Crippen molar-refractivity contribution in [3.05, 3.63) is 70.9 Å². The number of ketones is 1. The van der Waals surface area contributed by atoms with E-state index < -0.39 is 83.8 Å². The molecule has 1 aliphatic carbocycles. The monoisotopic (exact) mass is 815 g/mol. The average Bonchev–Trinajstić information content (AvgIpc) is 3.48. The van der Waals surface area contributed by atoms with E-state index in [1.807, 2.05) is 53.7 Å². The molecule has 0 saturated carbocycles. The van der Waals surface area contributed by atoms with Crippen molar-refractivity contribution >= 4 is 23.6 Å². The minimum Gasteiger partial charge on any atom is -0.510 e. The zero-order valence-corrected chi connectivity index (χ0v) is 35.8. The number of nitrogens with one attached hydrogen (secondary N) is 1. The van der Waals surface area contributed by atoms with E-state index in [-0.39, 0.29) is 54.2 Å². The molecule has 3 rings (SSSR count). The number of methoxy groups -OCH3 is 2. The highest BCUT2D eigenvalue weighted by Crippen LogP contribution is 2.42. The summed E-state index contributed by atoms with van der Waals surface area (Å²) >= 11 is 0. The number of hydrogen-bond acceptors (Lipinski definition) is 13. The molecular weight excluding hydrogens is 750 g/mol. The molecule has 0 aromatic rings. The molecule has 14 nitrogen and oxygen atoms in total. The van der Waals surface area contributed by atoms with Gasteiger partial charge in [-0.15, -0.1) is 0 Å². The summed E-state index contributed by atoms with van der Waals surface area (Å²) in [5, 5.41) is 47.4. The minimum atomic E-state index is -2.04. The first-order valence-corrected chi connectivity index (χ1v) is 20.1. The number of cyclic esters (lactones) is 1. The zero-order valence-electron chi connectivity index (χ0n) is 35.8. The van der Waals surface area contributed by atoms with Crippen molar-refractivity contribution in [1.82, 2.24) is 5.32 Å². The largest absolute Gasteiger partial charge is 0.510 e. The van der Waals surface area contributed by atoms with Crippen molar-refractivity contribution in [2.45, 2.75) is 130 Å². The normalized spacial score (nSPS) is 35.5. The van der Waals surface area contributed by atoms with Crippen LogP contribution in [0, 0.1) is 35.5 Å². The number of rotatable bonds is 11. The topological polar surface area (TPSA) is 207 Å². The second kappa shape index (κ2) is 21.3. The third kappa shape index (κ3) is 12.5. The van der Waals surface area contributed by atoms with Gasteiger partial charge < -0.3 is 49.4 Å². The Kier molecular flexibility index (Phi) is 17.7.